The fourth-order valence-electron chi connectivity index (χ4n) is 1.44. The van der Waals surface area contributed by atoms with Crippen molar-refractivity contribution in [2.24, 2.45) is 0 Å². The Balaban J connectivity index is 1.98. The fraction of sp³-hybridized carbons (Fsp3) is 0.273. The first-order chi connectivity index (χ1) is 8.28. The van der Waals surface area contributed by atoms with Gasteiger partial charge in [-0.05, 0) is 13.0 Å². The van der Waals surface area contributed by atoms with Crippen LogP contribution in [0.4, 0.5) is 11.4 Å². The summed E-state index contributed by atoms with van der Waals surface area (Å²) in [4.78, 5) is 17.8. The van der Waals surface area contributed by atoms with E-state index in [0.29, 0.717) is 6.54 Å². The lowest BCUT2D eigenvalue weighted by Gasteiger charge is -2.07. The zero-order chi connectivity index (χ0) is 12.1. The van der Waals surface area contributed by atoms with Gasteiger partial charge in [-0.25, -0.2) is 0 Å². The van der Waals surface area contributed by atoms with Crippen LogP contribution in [0, 0.1) is 0 Å². The highest BCUT2D eigenvalue weighted by atomic mass is 32.1. The molecule has 2 rings (SSSR count). The minimum atomic E-state index is -0.0266. The first-order valence-corrected chi connectivity index (χ1v) is 6.25. The summed E-state index contributed by atoms with van der Waals surface area (Å²) >= 11 is 1.17. The number of aromatic amines is 1. The zero-order valence-electron chi connectivity index (χ0n) is 9.49. The lowest BCUT2D eigenvalue weighted by atomic mass is 10.3. The highest BCUT2D eigenvalue weighted by molar-refractivity contribution is 7.07. The molecule has 6 heteroatoms. The molecule has 90 valence electrons. The Morgan fingerprint density at radius 3 is 2.76 bits per heavy atom. The molecule has 2 aromatic rings. The van der Waals surface area contributed by atoms with Crippen molar-refractivity contribution in [2.45, 2.75) is 13.5 Å². The van der Waals surface area contributed by atoms with Crippen LogP contribution in [0.15, 0.2) is 28.6 Å². The van der Waals surface area contributed by atoms with Crippen LogP contribution < -0.4 is 15.5 Å². The van der Waals surface area contributed by atoms with E-state index in [-0.39, 0.29) is 4.87 Å². The van der Waals surface area contributed by atoms with E-state index < -0.39 is 0 Å². The Kier molecular flexibility index (Phi) is 3.77. The summed E-state index contributed by atoms with van der Waals surface area (Å²) < 4.78 is 0. The molecule has 17 heavy (non-hydrogen) atoms. The monoisotopic (exact) mass is 250 g/mol. The van der Waals surface area contributed by atoms with Crippen molar-refractivity contribution in [2.75, 3.05) is 17.2 Å². The van der Waals surface area contributed by atoms with Crippen LogP contribution in [-0.2, 0) is 6.54 Å². The molecule has 0 aliphatic heterocycles. The van der Waals surface area contributed by atoms with E-state index >= 15 is 0 Å². The number of hydrogen-bond acceptors (Lipinski definition) is 5. The van der Waals surface area contributed by atoms with Crippen molar-refractivity contribution in [3.63, 3.8) is 0 Å². The number of pyridine rings is 1. The molecular weight excluding hydrogens is 236 g/mol. The molecule has 3 N–H and O–H groups in total. The summed E-state index contributed by atoms with van der Waals surface area (Å²) in [6.07, 6.45) is 3.53. The summed E-state index contributed by atoms with van der Waals surface area (Å²) in [6.45, 7) is 3.50. The first kappa shape index (κ1) is 11.7. The van der Waals surface area contributed by atoms with Gasteiger partial charge in [0.1, 0.15) is 0 Å². The number of rotatable bonds is 5. The molecule has 0 saturated carbocycles. The molecule has 0 amide bonds. The van der Waals surface area contributed by atoms with Gasteiger partial charge in [0.15, 0.2) is 0 Å². The van der Waals surface area contributed by atoms with Gasteiger partial charge in [-0.1, -0.05) is 11.3 Å². The summed E-state index contributed by atoms with van der Waals surface area (Å²) in [5.74, 6) is 0. The van der Waals surface area contributed by atoms with Crippen LogP contribution >= 0.6 is 11.3 Å². The Bertz CT molecular complexity index is 534. The van der Waals surface area contributed by atoms with Gasteiger partial charge in [-0.2, -0.15) is 0 Å². The van der Waals surface area contributed by atoms with Gasteiger partial charge < -0.3 is 15.6 Å². The normalized spacial score (nSPS) is 10.2. The lowest BCUT2D eigenvalue weighted by Crippen LogP contribution is -2.04. The maximum atomic E-state index is 11.0. The zero-order valence-corrected chi connectivity index (χ0v) is 10.3. The molecule has 0 fully saturated rings. The second-order valence-corrected chi connectivity index (χ2v) is 4.36. The number of thiazole rings is 1. The van der Waals surface area contributed by atoms with Gasteiger partial charge in [0.05, 0.1) is 30.3 Å². The molecule has 0 saturated heterocycles. The Hall–Kier alpha value is -1.82. The number of anilines is 2. The minimum absolute atomic E-state index is 0.0266. The standard InChI is InChI=1S/C11H14N4OS/c1-2-13-8-3-9(5-12-4-8)14-6-10-7-17-11(16)15-10/h3-5,7,13-14H,2,6H2,1H3,(H,15,16). The SMILES string of the molecule is CCNc1cncc(NCc2csc(=O)[nH]2)c1. The van der Waals surface area contributed by atoms with Crippen LogP contribution in [0.5, 0.6) is 0 Å². The molecule has 5 nitrogen and oxygen atoms in total. The van der Waals surface area contributed by atoms with E-state index in [1.165, 1.54) is 11.3 Å². The largest absolute Gasteiger partial charge is 0.384 e. The highest BCUT2D eigenvalue weighted by Crippen LogP contribution is 2.13. The molecule has 0 atom stereocenters. The van der Waals surface area contributed by atoms with E-state index in [4.69, 9.17) is 0 Å². The predicted molar refractivity (Wildman–Crippen MR) is 70.7 cm³/mol. The van der Waals surface area contributed by atoms with Crippen molar-refractivity contribution < 1.29 is 0 Å². The minimum Gasteiger partial charge on any atom is -0.384 e. The molecule has 2 aromatic heterocycles. The van der Waals surface area contributed by atoms with Crippen molar-refractivity contribution in [3.8, 4) is 0 Å². The molecule has 0 radical (unpaired) electrons. The van der Waals surface area contributed by atoms with Crippen molar-refractivity contribution in [1.29, 1.82) is 0 Å². The third-order valence-corrected chi connectivity index (χ3v) is 2.89. The van der Waals surface area contributed by atoms with E-state index in [0.717, 1.165) is 23.6 Å². The Morgan fingerprint density at radius 1 is 1.35 bits per heavy atom. The van der Waals surface area contributed by atoms with Gasteiger partial charge >= 0.3 is 4.87 Å². The first-order valence-electron chi connectivity index (χ1n) is 5.37. The summed E-state index contributed by atoms with van der Waals surface area (Å²) in [5, 5.41) is 8.22. The third kappa shape index (κ3) is 3.32. The van der Waals surface area contributed by atoms with Crippen LogP contribution in [0.2, 0.25) is 0 Å². The summed E-state index contributed by atoms with van der Waals surface area (Å²) in [6, 6.07) is 1.99. The molecular formula is C11H14N4OS. The highest BCUT2D eigenvalue weighted by Gasteiger charge is 1.98. The molecule has 0 aliphatic rings. The quantitative estimate of drug-likeness (QED) is 0.757. The average Bonchev–Trinajstić information content (AvgIpc) is 2.74. The lowest BCUT2D eigenvalue weighted by molar-refractivity contribution is 1.05. The number of nitrogens with zero attached hydrogens (tertiary/aromatic N) is 1. The second-order valence-electron chi connectivity index (χ2n) is 3.52. The fourth-order valence-corrected chi connectivity index (χ4v) is 2.02. The number of aromatic nitrogens is 2. The topological polar surface area (TPSA) is 69.8 Å². The molecule has 2 heterocycles. The van der Waals surface area contributed by atoms with Crippen LogP contribution in [0.1, 0.15) is 12.6 Å². The number of nitrogens with one attached hydrogen (secondary N) is 3. The third-order valence-electron chi connectivity index (χ3n) is 2.17. The van der Waals surface area contributed by atoms with Crippen molar-refractivity contribution >= 4 is 22.7 Å². The molecule has 0 aliphatic carbocycles. The van der Waals surface area contributed by atoms with Crippen LogP contribution in [0.25, 0.3) is 0 Å². The van der Waals surface area contributed by atoms with Crippen molar-refractivity contribution in [1.82, 2.24) is 9.97 Å². The van der Waals surface area contributed by atoms with E-state index in [1.807, 2.05) is 18.4 Å². The molecule has 0 unspecified atom stereocenters. The van der Waals surface area contributed by atoms with Crippen LogP contribution in [0.3, 0.4) is 0 Å². The Labute approximate surface area is 103 Å². The second kappa shape index (κ2) is 5.49. The van der Waals surface area contributed by atoms with Crippen LogP contribution in [-0.4, -0.2) is 16.5 Å². The predicted octanol–water partition coefficient (Wildman–Crippen LogP) is 1.88. The summed E-state index contributed by atoms with van der Waals surface area (Å²) in [5.41, 5.74) is 2.79. The van der Waals surface area contributed by atoms with E-state index in [9.17, 15) is 4.79 Å². The number of hydrogen-bond donors (Lipinski definition) is 3. The van der Waals surface area contributed by atoms with Crippen molar-refractivity contribution in [3.05, 3.63) is 39.2 Å². The summed E-state index contributed by atoms with van der Waals surface area (Å²) in [7, 11) is 0. The van der Waals surface area contributed by atoms with Gasteiger partial charge in [-0.15, -0.1) is 0 Å². The molecule has 0 bridgehead atoms. The Morgan fingerprint density at radius 2 is 2.12 bits per heavy atom. The smallest absolute Gasteiger partial charge is 0.304 e. The molecule has 0 aromatic carbocycles. The van der Waals surface area contributed by atoms with Gasteiger partial charge in [0.2, 0.25) is 0 Å². The molecule has 0 spiro atoms. The van der Waals surface area contributed by atoms with Gasteiger partial charge in [0.25, 0.3) is 0 Å². The maximum Gasteiger partial charge on any atom is 0.304 e. The van der Waals surface area contributed by atoms with Gasteiger partial charge in [0, 0.05) is 17.6 Å². The van der Waals surface area contributed by atoms with E-state index in [1.54, 1.807) is 12.4 Å². The van der Waals surface area contributed by atoms with E-state index in [2.05, 4.69) is 20.6 Å². The maximum absolute atomic E-state index is 11.0. The number of H-pyrrole nitrogens is 1. The van der Waals surface area contributed by atoms with Gasteiger partial charge in [-0.3, -0.25) is 9.78 Å². The average molecular weight is 250 g/mol.